The number of hydrogen-bond acceptors (Lipinski definition) is 3. The second kappa shape index (κ2) is 5.77. The third kappa shape index (κ3) is 3.53. The van der Waals surface area contributed by atoms with Crippen molar-refractivity contribution in [3.8, 4) is 0 Å². The second-order valence-corrected chi connectivity index (χ2v) is 4.56. The number of nitrogens with one attached hydrogen (secondary N) is 1. The number of carboxylic acids is 1. The van der Waals surface area contributed by atoms with Crippen LogP contribution in [0.3, 0.4) is 0 Å². The molecule has 0 aliphatic heterocycles. The van der Waals surface area contributed by atoms with Gasteiger partial charge in [0, 0.05) is 18.8 Å². The van der Waals surface area contributed by atoms with Crippen LogP contribution in [0.25, 0.3) is 0 Å². The number of carbonyl (C=O) groups is 1. The Bertz CT molecular complexity index is 387. The summed E-state index contributed by atoms with van der Waals surface area (Å²) in [6.07, 6.45) is 7.92. The fourth-order valence-electron chi connectivity index (χ4n) is 2.26. The van der Waals surface area contributed by atoms with Gasteiger partial charge in [-0.05, 0) is 25.0 Å². The van der Waals surface area contributed by atoms with Crippen LogP contribution in [0.15, 0.2) is 18.3 Å². The van der Waals surface area contributed by atoms with Gasteiger partial charge in [-0.2, -0.15) is 0 Å². The van der Waals surface area contributed by atoms with E-state index < -0.39 is 5.97 Å². The minimum Gasteiger partial charge on any atom is -0.478 e. The standard InChI is InChI=1S/C13H18N2O2/c16-13(17)10-6-7-14-12(8-10)9-15-11-4-2-1-3-5-11/h6-8,11,15H,1-5,9H2,(H,16,17). The second-order valence-electron chi connectivity index (χ2n) is 4.56. The molecule has 1 aliphatic carbocycles. The quantitative estimate of drug-likeness (QED) is 0.838. The summed E-state index contributed by atoms with van der Waals surface area (Å²) >= 11 is 0. The molecule has 1 heterocycles. The summed E-state index contributed by atoms with van der Waals surface area (Å²) in [4.78, 5) is 15.0. The first-order chi connectivity index (χ1) is 8.25. The topological polar surface area (TPSA) is 62.2 Å². The number of rotatable bonds is 4. The highest BCUT2D eigenvalue weighted by Crippen LogP contribution is 2.17. The molecule has 4 nitrogen and oxygen atoms in total. The van der Waals surface area contributed by atoms with Crippen LogP contribution < -0.4 is 5.32 Å². The van der Waals surface area contributed by atoms with Crippen LogP contribution >= 0.6 is 0 Å². The summed E-state index contributed by atoms with van der Waals surface area (Å²) in [7, 11) is 0. The van der Waals surface area contributed by atoms with Gasteiger partial charge in [-0.1, -0.05) is 19.3 Å². The van der Waals surface area contributed by atoms with E-state index in [1.54, 1.807) is 12.3 Å². The molecule has 92 valence electrons. The summed E-state index contributed by atoms with van der Waals surface area (Å²) in [6.45, 7) is 0.659. The molecule has 2 rings (SSSR count). The van der Waals surface area contributed by atoms with Crippen molar-refractivity contribution in [1.29, 1.82) is 0 Å². The predicted molar refractivity (Wildman–Crippen MR) is 64.9 cm³/mol. The van der Waals surface area contributed by atoms with Crippen molar-refractivity contribution in [2.75, 3.05) is 0 Å². The Labute approximate surface area is 101 Å². The van der Waals surface area contributed by atoms with Crippen LogP contribution in [0.5, 0.6) is 0 Å². The van der Waals surface area contributed by atoms with Gasteiger partial charge in [0.1, 0.15) is 0 Å². The molecular weight excluding hydrogens is 216 g/mol. The lowest BCUT2D eigenvalue weighted by atomic mass is 9.95. The number of pyridine rings is 1. The van der Waals surface area contributed by atoms with Gasteiger partial charge in [0.15, 0.2) is 0 Å². The lowest BCUT2D eigenvalue weighted by Crippen LogP contribution is -2.30. The first-order valence-corrected chi connectivity index (χ1v) is 6.17. The maximum atomic E-state index is 10.8. The summed E-state index contributed by atoms with van der Waals surface area (Å²) < 4.78 is 0. The van der Waals surface area contributed by atoms with Crippen LogP contribution in [0.2, 0.25) is 0 Å². The highest BCUT2D eigenvalue weighted by molar-refractivity contribution is 5.87. The van der Waals surface area contributed by atoms with Gasteiger partial charge in [0.05, 0.1) is 11.3 Å². The summed E-state index contributed by atoms with van der Waals surface area (Å²) in [5, 5.41) is 12.3. The molecule has 0 aromatic carbocycles. The average Bonchev–Trinajstić information content (AvgIpc) is 2.38. The number of aromatic carboxylic acids is 1. The van der Waals surface area contributed by atoms with Crippen molar-refractivity contribution in [3.63, 3.8) is 0 Å². The van der Waals surface area contributed by atoms with Crippen LogP contribution in [0, 0.1) is 0 Å². The molecule has 2 N–H and O–H groups in total. The highest BCUT2D eigenvalue weighted by atomic mass is 16.4. The van der Waals surface area contributed by atoms with Crippen molar-refractivity contribution in [2.24, 2.45) is 0 Å². The van der Waals surface area contributed by atoms with Crippen molar-refractivity contribution >= 4 is 5.97 Å². The highest BCUT2D eigenvalue weighted by Gasteiger charge is 2.12. The lowest BCUT2D eigenvalue weighted by molar-refractivity contribution is 0.0696. The zero-order valence-electron chi connectivity index (χ0n) is 9.85. The third-order valence-electron chi connectivity index (χ3n) is 3.24. The number of nitrogens with zero attached hydrogens (tertiary/aromatic N) is 1. The van der Waals surface area contributed by atoms with Crippen molar-refractivity contribution in [1.82, 2.24) is 10.3 Å². The Morgan fingerprint density at radius 3 is 2.88 bits per heavy atom. The normalized spacial score (nSPS) is 16.9. The molecule has 0 saturated heterocycles. The van der Waals surface area contributed by atoms with Gasteiger partial charge in [-0.15, -0.1) is 0 Å². The Hall–Kier alpha value is -1.42. The van der Waals surface area contributed by atoms with Crippen LogP contribution in [0.4, 0.5) is 0 Å². The van der Waals surface area contributed by atoms with Crippen molar-refractivity contribution in [2.45, 2.75) is 44.7 Å². The molecule has 1 saturated carbocycles. The van der Waals surface area contributed by atoms with E-state index in [1.165, 1.54) is 38.2 Å². The molecule has 0 unspecified atom stereocenters. The molecule has 17 heavy (non-hydrogen) atoms. The maximum absolute atomic E-state index is 10.8. The Kier molecular flexibility index (Phi) is 4.09. The monoisotopic (exact) mass is 234 g/mol. The summed E-state index contributed by atoms with van der Waals surface area (Å²) in [5.41, 5.74) is 1.11. The molecule has 0 spiro atoms. The zero-order valence-corrected chi connectivity index (χ0v) is 9.85. The van der Waals surface area contributed by atoms with Gasteiger partial charge < -0.3 is 10.4 Å². The molecule has 1 aromatic heterocycles. The molecule has 1 aromatic rings. The van der Waals surface area contributed by atoms with Gasteiger partial charge >= 0.3 is 5.97 Å². The van der Waals surface area contributed by atoms with E-state index in [1.807, 2.05) is 0 Å². The van der Waals surface area contributed by atoms with E-state index in [0.29, 0.717) is 18.2 Å². The molecular formula is C13H18N2O2. The van der Waals surface area contributed by atoms with Crippen LogP contribution in [-0.4, -0.2) is 22.1 Å². The first-order valence-electron chi connectivity index (χ1n) is 6.17. The van der Waals surface area contributed by atoms with Crippen LogP contribution in [-0.2, 0) is 6.54 Å². The zero-order chi connectivity index (χ0) is 12.1. The van der Waals surface area contributed by atoms with E-state index in [9.17, 15) is 4.79 Å². The van der Waals surface area contributed by atoms with Crippen LogP contribution in [0.1, 0.15) is 48.2 Å². The third-order valence-corrected chi connectivity index (χ3v) is 3.24. The van der Waals surface area contributed by atoms with Gasteiger partial charge in [-0.25, -0.2) is 4.79 Å². The molecule has 0 bridgehead atoms. The molecule has 0 amide bonds. The van der Waals surface area contributed by atoms with Gasteiger partial charge in [0.2, 0.25) is 0 Å². The molecule has 0 atom stereocenters. The molecule has 0 radical (unpaired) electrons. The fourth-order valence-corrected chi connectivity index (χ4v) is 2.26. The Morgan fingerprint density at radius 2 is 2.18 bits per heavy atom. The average molecular weight is 234 g/mol. The van der Waals surface area contributed by atoms with Crippen molar-refractivity contribution in [3.05, 3.63) is 29.6 Å². The number of carboxylic acid groups (broad SMARTS) is 1. The molecule has 1 fully saturated rings. The first kappa shape index (κ1) is 12.0. The Balaban J connectivity index is 1.89. The van der Waals surface area contributed by atoms with Gasteiger partial charge in [0.25, 0.3) is 0 Å². The van der Waals surface area contributed by atoms with Gasteiger partial charge in [-0.3, -0.25) is 4.98 Å². The lowest BCUT2D eigenvalue weighted by Gasteiger charge is -2.22. The smallest absolute Gasteiger partial charge is 0.335 e. The van der Waals surface area contributed by atoms with Crippen molar-refractivity contribution < 1.29 is 9.90 Å². The maximum Gasteiger partial charge on any atom is 0.335 e. The molecule has 1 aliphatic rings. The number of aromatic nitrogens is 1. The van der Waals surface area contributed by atoms with E-state index in [2.05, 4.69) is 10.3 Å². The predicted octanol–water partition coefficient (Wildman–Crippen LogP) is 2.20. The van der Waals surface area contributed by atoms with E-state index in [4.69, 9.17) is 5.11 Å². The minimum absolute atomic E-state index is 0.306. The van der Waals surface area contributed by atoms with E-state index in [0.717, 1.165) is 5.69 Å². The largest absolute Gasteiger partial charge is 0.478 e. The summed E-state index contributed by atoms with van der Waals surface area (Å²) in [6, 6.07) is 3.73. The summed E-state index contributed by atoms with van der Waals surface area (Å²) in [5.74, 6) is -0.897. The SMILES string of the molecule is O=C(O)c1ccnc(CNC2CCCCC2)c1. The van der Waals surface area contributed by atoms with E-state index >= 15 is 0 Å². The fraction of sp³-hybridized carbons (Fsp3) is 0.538. The van der Waals surface area contributed by atoms with E-state index in [-0.39, 0.29) is 0 Å². The molecule has 4 heteroatoms. The minimum atomic E-state index is -0.897. The Morgan fingerprint density at radius 1 is 1.41 bits per heavy atom. The number of hydrogen-bond donors (Lipinski definition) is 2.